The number of nitrogens with one attached hydrogen (secondary N) is 1. The first-order valence-corrected chi connectivity index (χ1v) is 7.44. The van der Waals surface area contributed by atoms with Gasteiger partial charge in [-0.15, -0.1) is 0 Å². The topological polar surface area (TPSA) is 54.0 Å². The summed E-state index contributed by atoms with van der Waals surface area (Å²) in [5.74, 6) is 0.00188. The van der Waals surface area contributed by atoms with Crippen LogP contribution >= 0.6 is 0 Å². The minimum absolute atomic E-state index is 0.00675. The van der Waals surface area contributed by atoms with E-state index in [-0.39, 0.29) is 17.8 Å². The van der Waals surface area contributed by atoms with Crippen LogP contribution in [0.5, 0.6) is 0 Å². The Hall–Kier alpha value is -2.46. The second kappa shape index (κ2) is 5.39. The Kier molecular flexibility index (Phi) is 3.24. The van der Waals surface area contributed by atoms with E-state index in [0.717, 1.165) is 11.1 Å². The van der Waals surface area contributed by atoms with E-state index < -0.39 is 6.10 Å². The molecule has 4 nitrogen and oxygen atoms in total. The SMILES string of the molecule is O=C(C1=NNC[C@H]1c1ccccc1)[C@H]1O[C@@H]1c1ccccc1. The Morgan fingerprint density at radius 1 is 1.00 bits per heavy atom. The molecule has 3 atom stereocenters. The van der Waals surface area contributed by atoms with Crippen molar-refractivity contribution in [3.8, 4) is 0 Å². The number of ketones is 1. The number of benzene rings is 2. The predicted molar refractivity (Wildman–Crippen MR) is 83.7 cm³/mol. The van der Waals surface area contributed by atoms with Gasteiger partial charge in [-0.1, -0.05) is 60.7 Å². The largest absolute Gasteiger partial charge is 0.356 e. The van der Waals surface area contributed by atoms with Gasteiger partial charge in [0.2, 0.25) is 5.78 Å². The van der Waals surface area contributed by atoms with Crippen molar-refractivity contribution in [3.05, 3.63) is 71.8 Å². The molecule has 0 radical (unpaired) electrons. The van der Waals surface area contributed by atoms with Gasteiger partial charge in [0.15, 0.2) is 6.10 Å². The molecule has 4 heteroatoms. The molecule has 0 spiro atoms. The van der Waals surface area contributed by atoms with Crippen LogP contribution < -0.4 is 5.43 Å². The van der Waals surface area contributed by atoms with Gasteiger partial charge in [0.25, 0.3) is 0 Å². The highest BCUT2D eigenvalue weighted by Gasteiger charge is 2.49. The third kappa shape index (κ3) is 2.31. The van der Waals surface area contributed by atoms with Crippen molar-refractivity contribution < 1.29 is 9.53 Å². The zero-order chi connectivity index (χ0) is 14.9. The van der Waals surface area contributed by atoms with Crippen LogP contribution in [0.15, 0.2) is 65.8 Å². The van der Waals surface area contributed by atoms with Crippen molar-refractivity contribution in [1.82, 2.24) is 5.43 Å². The maximum atomic E-state index is 12.7. The maximum absolute atomic E-state index is 12.7. The van der Waals surface area contributed by atoms with Crippen LogP contribution in [0, 0.1) is 0 Å². The van der Waals surface area contributed by atoms with Crippen molar-refractivity contribution in [3.63, 3.8) is 0 Å². The van der Waals surface area contributed by atoms with E-state index >= 15 is 0 Å². The normalized spacial score (nSPS) is 26.2. The number of Topliss-reactive ketones (excluding diaryl/α,β-unsaturated/α-hetero) is 1. The number of hydrogen-bond acceptors (Lipinski definition) is 4. The molecule has 0 amide bonds. The fraction of sp³-hybridized carbons (Fsp3) is 0.222. The molecule has 1 saturated heterocycles. The first kappa shape index (κ1) is 13.2. The fourth-order valence-corrected chi connectivity index (χ4v) is 2.94. The lowest BCUT2D eigenvalue weighted by Crippen LogP contribution is -2.25. The lowest BCUT2D eigenvalue weighted by molar-refractivity contribution is -0.114. The first-order chi connectivity index (χ1) is 10.8. The summed E-state index contributed by atoms with van der Waals surface area (Å²) in [4.78, 5) is 12.7. The van der Waals surface area contributed by atoms with E-state index in [9.17, 15) is 4.79 Å². The molecule has 4 rings (SSSR count). The van der Waals surface area contributed by atoms with Gasteiger partial charge < -0.3 is 10.2 Å². The summed E-state index contributed by atoms with van der Waals surface area (Å²) >= 11 is 0. The summed E-state index contributed by atoms with van der Waals surface area (Å²) < 4.78 is 5.60. The third-order valence-corrected chi connectivity index (χ3v) is 4.16. The second-order valence-electron chi connectivity index (χ2n) is 5.57. The number of nitrogens with zero attached hydrogens (tertiary/aromatic N) is 1. The van der Waals surface area contributed by atoms with E-state index in [1.54, 1.807) is 0 Å². The van der Waals surface area contributed by atoms with E-state index in [4.69, 9.17) is 4.74 Å². The Labute approximate surface area is 128 Å². The van der Waals surface area contributed by atoms with Gasteiger partial charge in [-0.3, -0.25) is 4.79 Å². The van der Waals surface area contributed by atoms with E-state index in [2.05, 4.69) is 10.5 Å². The van der Waals surface area contributed by atoms with Crippen LogP contribution in [0.2, 0.25) is 0 Å². The molecule has 0 aliphatic carbocycles. The molecule has 2 aromatic carbocycles. The summed E-state index contributed by atoms with van der Waals surface area (Å²) in [6.45, 7) is 0.661. The maximum Gasteiger partial charge on any atom is 0.211 e. The van der Waals surface area contributed by atoms with Crippen LogP contribution in [0.3, 0.4) is 0 Å². The number of ether oxygens (including phenoxy) is 1. The van der Waals surface area contributed by atoms with E-state index in [0.29, 0.717) is 12.3 Å². The number of hydrazone groups is 1. The summed E-state index contributed by atoms with van der Waals surface area (Å²) in [6.07, 6.45) is -0.527. The van der Waals surface area contributed by atoms with Crippen LogP contribution in [0.4, 0.5) is 0 Å². The van der Waals surface area contributed by atoms with Gasteiger partial charge >= 0.3 is 0 Å². The van der Waals surface area contributed by atoms with Crippen molar-refractivity contribution in [1.29, 1.82) is 0 Å². The van der Waals surface area contributed by atoms with Crippen LogP contribution in [0.1, 0.15) is 23.1 Å². The predicted octanol–water partition coefficient (Wildman–Crippen LogP) is 2.44. The Balaban J connectivity index is 1.52. The number of hydrogen-bond donors (Lipinski definition) is 1. The molecule has 22 heavy (non-hydrogen) atoms. The van der Waals surface area contributed by atoms with Crippen LogP contribution in [-0.4, -0.2) is 24.1 Å². The Morgan fingerprint density at radius 3 is 2.32 bits per heavy atom. The molecule has 0 saturated carbocycles. The van der Waals surface area contributed by atoms with E-state index in [1.165, 1.54) is 0 Å². The second-order valence-corrected chi connectivity index (χ2v) is 5.57. The monoisotopic (exact) mass is 292 g/mol. The molecule has 2 aromatic rings. The van der Waals surface area contributed by atoms with Crippen LogP contribution in [0.25, 0.3) is 0 Å². The molecule has 1 N–H and O–H groups in total. The van der Waals surface area contributed by atoms with Gasteiger partial charge in [0.05, 0.1) is 5.92 Å². The average molecular weight is 292 g/mol. The highest BCUT2D eigenvalue weighted by molar-refractivity contribution is 6.44. The lowest BCUT2D eigenvalue weighted by atomic mass is 9.91. The fourth-order valence-electron chi connectivity index (χ4n) is 2.94. The van der Waals surface area contributed by atoms with Gasteiger partial charge in [0, 0.05) is 6.54 Å². The number of rotatable bonds is 4. The Bertz CT molecular complexity index is 712. The number of carbonyl (C=O) groups excluding carboxylic acids is 1. The Morgan fingerprint density at radius 2 is 1.64 bits per heavy atom. The molecule has 2 aliphatic rings. The summed E-state index contributed by atoms with van der Waals surface area (Å²) in [6, 6.07) is 19.8. The molecule has 1 fully saturated rings. The van der Waals surface area contributed by atoms with Gasteiger partial charge in [-0.05, 0) is 11.1 Å². The van der Waals surface area contributed by atoms with Gasteiger partial charge in [-0.2, -0.15) is 5.10 Å². The first-order valence-electron chi connectivity index (χ1n) is 7.44. The van der Waals surface area contributed by atoms with Gasteiger partial charge in [-0.25, -0.2) is 0 Å². The molecule has 110 valence electrons. The number of carbonyl (C=O) groups is 1. The van der Waals surface area contributed by atoms with E-state index in [1.807, 2.05) is 60.7 Å². The summed E-state index contributed by atoms with van der Waals surface area (Å²) in [5, 5.41) is 4.22. The minimum atomic E-state index is -0.396. The lowest BCUT2D eigenvalue weighted by Gasteiger charge is -2.10. The van der Waals surface area contributed by atoms with Crippen LogP contribution in [-0.2, 0) is 9.53 Å². The highest BCUT2D eigenvalue weighted by atomic mass is 16.6. The zero-order valence-corrected chi connectivity index (χ0v) is 12.0. The molecule has 0 unspecified atom stereocenters. The molecular formula is C18H16N2O2. The summed E-state index contributed by atoms with van der Waals surface area (Å²) in [5.41, 5.74) is 5.68. The molecular weight excluding hydrogens is 276 g/mol. The smallest absolute Gasteiger partial charge is 0.211 e. The molecule has 0 bridgehead atoms. The van der Waals surface area contributed by atoms with Crippen molar-refractivity contribution >= 4 is 11.5 Å². The molecule has 0 aromatic heterocycles. The number of epoxide rings is 1. The molecule has 2 aliphatic heterocycles. The highest BCUT2D eigenvalue weighted by Crippen LogP contribution is 2.40. The summed E-state index contributed by atoms with van der Waals surface area (Å²) in [7, 11) is 0. The quantitative estimate of drug-likeness (QED) is 0.881. The zero-order valence-electron chi connectivity index (χ0n) is 12.0. The van der Waals surface area contributed by atoms with Gasteiger partial charge in [0.1, 0.15) is 11.8 Å². The van der Waals surface area contributed by atoms with Crippen molar-refractivity contribution in [2.24, 2.45) is 5.10 Å². The average Bonchev–Trinajstić information content (AvgIpc) is 3.24. The van der Waals surface area contributed by atoms with Crippen molar-refractivity contribution in [2.75, 3.05) is 6.54 Å². The third-order valence-electron chi connectivity index (χ3n) is 4.16. The van der Waals surface area contributed by atoms with Crippen molar-refractivity contribution in [2.45, 2.75) is 18.1 Å². The minimum Gasteiger partial charge on any atom is -0.356 e. The standard InChI is InChI=1S/C18H16N2O2/c21-16(18-17(22-18)13-9-5-2-6-10-13)15-14(11-19-20-15)12-7-3-1-4-8-12/h1-10,14,17-19H,11H2/t14-,17+,18+/m0/s1. The molecule has 2 heterocycles.